The molecule has 110 valence electrons. The summed E-state index contributed by atoms with van der Waals surface area (Å²) in [6, 6.07) is 6.08. The molecule has 1 unspecified atom stereocenters. The predicted molar refractivity (Wildman–Crippen MR) is 65.5 cm³/mol. The molecule has 0 saturated carbocycles. The molecule has 2 rings (SSSR count). The number of benzene rings is 1. The molecule has 4 nitrogen and oxygen atoms in total. The van der Waals surface area contributed by atoms with Crippen molar-refractivity contribution in [2.24, 2.45) is 5.92 Å². The second-order valence-electron chi connectivity index (χ2n) is 4.63. The Morgan fingerprint density at radius 2 is 2.05 bits per heavy atom. The van der Waals surface area contributed by atoms with Crippen LogP contribution in [0.15, 0.2) is 24.3 Å². The van der Waals surface area contributed by atoms with Gasteiger partial charge in [0.15, 0.2) is 6.61 Å². The minimum Gasteiger partial charge on any atom is -0.482 e. The Kier molecular flexibility index (Phi) is 4.17. The third-order valence-corrected chi connectivity index (χ3v) is 3.01. The molecule has 1 aromatic carbocycles. The van der Waals surface area contributed by atoms with Gasteiger partial charge < -0.3 is 14.7 Å². The molecule has 1 saturated heterocycles. The fourth-order valence-corrected chi connectivity index (χ4v) is 2.10. The van der Waals surface area contributed by atoms with Gasteiger partial charge in [-0.2, -0.15) is 13.2 Å². The predicted octanol–water partition coefficient (Wildman–Crippen LogP) is 1.97. The molecule has 1 fully saturated rings. The average molecular weight is 289 g/mol. The van der Waals surface area contributed by atoms with Crippen molar-refractivity contribution < 1.29 is 27.8 Å². The van der Waals surface area contributed by atoms with Gasteiger partial charge in [0.25, 0.3) is 0 Å². The Labute approximate surface area is 113 Å². The van der Waals surface area contributed by atoms with E-state index in [1.54, 1.807) is 12.1 Å². The van der Waals surface area contributed by atoms with Crippen LogP contribution in [-0.2, 0) is 4.79 Å². The van der Waals surface area contributed by atoms with Crippen molar-refractivity contribution in [2.45, 2.75) is 12.6 Å². The van der Waals surface area contributed by atoms with Crippen LogP contribution in [0.5, 0.6) is 5.75 Å². The lowest BCUT2D eigenvalue weighted by molar-refractivity contribution is -0.153. The van der Waals surface area contributed by atoms with Gasteiger partial charge in [0.2, 0.25) is 5.91 Å². The number of nitrogens with zero attached hydrogens (tertiary/aromatic N) is 1. The van der Waals surface area contributed by atoms with Crippen LogP contribution in [-0.4, -0.2) is 36.9 Å². The van der Waals surface area contributed by atoms with Gasteiger partial charge in [0, 0.05) is 25.5 Å². The molecule has 1 aliphatic rings. The van der Waals surface area contributed by atoms with Crippen molar-refractivity contribution in [2.75, 3.05) is 24.7 Å². The molecule has 0 radical (unpaired) electrons. The van der Waals surface area contributed by atoms with Crippen molar-refractivity contribution >= 4 is 11.6 Å². The highest BCUT2D eigenvalue weighted by atomic mass is 19.4. The van der Waals surface area contributed by atoms with Crippen molar-refractivity contribution in [3.05, 3.63) is 24.3 Å². The van der Waals surface area contributed by atoms with E-state index in [2.05, 4.69) is 0 Å². The van der Waals surface area contributed by atoms with E-state index in [4.69, 9.17) is 9.84 Å². The van der Waals surface area contributed by atoms with Crippen molar-refractivity contribution in [1.29, 1.82) is 0 Å². The standard InChI is InChI=1S/C13H14F3NO3/c14-13(15,16)8-20-11-4-2-1-3-10(11)17-6-9(7-18)5-12(17)19/h1-4,9,18H,5-8H2. The highest BCUT2D eigenvalue weighted by Crippen LogP contribution is 2.33. The first-order valence-electron chi connectivity index (χ1n) is 6.10. The molecule has 0 spiro atoms. The van der Waals surface area contributed by atoms with Crippen LogP contribution in [0.4, 0.5) is 18.9 Å². The van der Waals surface area contributed by atoms with E-state index < -0.39 is 12.8 Å². The molecule has 0 aliphatic carbocycles. The van der Waals surface area contributed by atoms with Gasteiger partial charge in [-0.3, -0.25) is 4.79 Å². The third-order valence-electron chi connectivity index (χ3n) is 3.01. The van der Waals surface area contributed by atoms with Crippen LogP contribution in [0.1, 0.15) is 6.42 Å². The van der Waals surface area contributed by atoms with E-state index in [1.807, 2.05) is 0 Å². The minimum absolute atomic E-state index is 0.0109. The summed E-state index contributed by atoms with van der Waals surface area (Å²) in [7, 11) is 0. The maximum absolute atomic E-state index is 12.2. The normalized spacial score (nSPS) is 19.5. The number of rotatable bonds is 4. The summed E-state index contributed by atoms with van der Waals surface area (Å²) in [4.78, 5) is 13.2. The molecule has 7 heteroatoms. The summed E-state index contributed by atoms with van der Waals surface area (Å²) < 4.78 is 41.4. The zero-order valence-electron chi connectivity index (χ0n) is 10.6. The zero-order chi connectivity index (χ0) is 14.8. The Morgan fingerprint density at radius 1 is 1.35 bits per heavy atom. The van der Waals surface area contributed by atoms with Crippen LogP contribution in [0, 0.1) is 5.92 Å². The van der Waals surface area contributed by atoms with Gasteiger partial charge in [-0.25, -0.2) is 0 Å². The Hall–Kier alpha value is -1.76. The van der Waals surface area contributed by atoms with Crippen molar-refractivity contribution in [1.82, 2.24) is 0 Å². The Balaban J connectivity index is 2.18. The maximum atomic E-state index is 12.2. The highest BCUT2D eigenvalue weighted by molar-refractivity contribution is 5.97. The van der Waals surface area contributed by atoms with E-state index in [1.165, 1.54) is 17.0 Å². The number of anilines is 1. The van der Waals surface area contributed by atoms with Crippen LogP contribution in [0.25, 0.3) is 0 Å². The number of aliphatic hydroxyl groups excluding tert-OH is 1. The topological polar surface area (TPSA) is 49.8 Å². The smallest absolute Gasteiger partial charge is 0.422 e. The van der Waals surface area contributed by atoms with Gasteiger partial charge in [0.05, 0.1) is 5.69 Å². The van der Waals surface area contributed by atoms with Crippen LogP contribution in [0.2, 0.25) is 0 Å². The zero-order valence-corrected chi connectivity index (χ0v) is 10.6. The molecule has 1 N–H and O–H groups in total. The van der Waals surface area contributed by atoms with Crippen LogP contribution in [0.3, 0.4) is 0 Å². The fourth-order valence-electron chi connectivity index (χ4n) is 2.10. The molecule has 1 aromatic rings. The van der Waals surface area contributed by atoms with E-state index in [-0.39, 0.29) is 37.1 Å². The minimum atomic E-state index is -4.43. The largest absolute Gasteiger partial charge is 0.482 e. The third kappa shape index (κ3) is 3.41. The van der Waals surface area contributed by atoms with E-state index >= 15 is 0 Å². The number of hydrogen-bond donors (Lipinski definition) is 1. The summed E-state index contributed by atoms with van der Waals surface area (Å²) in [6.45, 7) is -1.26. The van der Waals surface area contributed by atoms with Crippen molar-refractivity contribution in [3.63, 3.8) is 0 Å². The molecule has 1 atom stereocenters. The van der Waals surface area contributed by atoms with Gasteiger partial charge in [-0.1, -0.05) is 12.1 Å². The van der Waals surface area contributed by atoms with E-state index in [9.17, 15) is 18.0 Å². The van der Waals surface area contributed by atoms with Gasteiger partial charge in [0.1, 0.15) is 5.75 Å². The lowest BCUT2D eigenvalue weighted by atomic mass is 10.1. The quantitative estimate of drug-likeness (QED) is 0.922. The first-order chi connectivity index (χ1) is 9.40. The number of halogens is 3. The number of aliphatic hydroxyl groups is 1. The Morgan fingerprint density at radius 3 is 2.65 bits per heavy atom. The lowest BCUT2D eigenvalue weighted by Crippen LogP contribution is -2.26. The van der Waals surface area contributed by atoms with Gasteiger partial charge in [-0.05, 0) is 12.1 Å². The first-order valence-corrected chi connectivity index (χ1v) is 6.10. The summed E-state index contributed by atoms with van der Waals surface area (Å²) in [5.74, 6) is -0.415. The molecule has 1 aliphatic heterocycles. The first kappa shape index (κ1) is 14.6. The fraction of sp³-hybridized carbons (Fsp3) is 0.462. The molecular formula is C13H14F3NO3. The number of hydrogen-bond acceptors (Lipinski definition) is 3. The monoisotopic (exact) mass is 289 g/mol. The van der Waals surface area contributed by atoms with Crippen LogP contribution < -0.4 is 9.64 Å². The summed E-state index contributed by atoms with van der Waals surface area (Å²) in [5, 5.41) is 9.07. The number of alkyl halides is 3. The molecule has 1 heterocycles. The SMILES string of the molecule is O=C1CC(CO)CN1c1ccccc1OCC(F)(F)F. The number of para-hydroxylation sites is 2. The molecule has 0 bridgehead atoms. The number of carbonyl (C=O) groups is 1. The molecular weight excluding hydrogens is 275 g/mol. The number of amides is 1. The molecule has 0 aromatic heterocycles. The van der Waals surface area contributed by atoms with Crippen LogP contribution >= 0.6 is 0 Å². The average Bonchev–Trinajstić information content (AvgIpc) is 2.77. The second kappa shape index (κ2) is 5.70. The van der Waals surface area contributed by atoms with Gasteiger partial charge in [-0.15, -0.1) is 0 Å². The van der Waals surface area contributed by atoms with Gasteiger partial charge >= 0.3 is 6.18 Å². The lowest BCUT2D eigenvalue weighted by Gasteiger charge is -2.20. The second-order valence-corrected chi connectivity index (χ2v) is 4.63. The molecule has 20 heavy (non-hydrogen) atoms. The number of ether oxygens (including phenoxy) is 1. The summed E-state index contributed by atoms with van der Waals surface area (Å²) in [6.07, 6.45) is -4.25. The molecule has 1 amide bonds. The van der Waals surface area contributed by atoms with E-state index in [0.717, 1.165) is 0 Å². The van der Waals surface area contributed by atoms with Crippen molar-refractivity contribution in [3.8, 4) is 5.75 Å². The maximum Gasteiger partial charge on any atom is 0.422 e. The van der Waals surface area contributed by atoms with E-state index in [0.29, 0.717) is 5.69 Å². The summed E-state index contributed by atoms with van der Waals surface area (Å²) in [5.41, 5.74) is 0.303. The number of carbonyl (C=O) groups excluding carboxylic acids is 1. The Bertz CT molecular complexity index is 490. The highest BCUT2D eigenvalue weighted by Gasteiger charge is 2.33. The summed E-state index contributed by atoms with van der Waals surface area (Å²) >= 11 is 0.